The second-order valence-corrected chi connectivity index (χ2v) is 15.1. The zero-order chi connectivity index (χ0) is 38.3. The third-order valence-corrected chi connectivity index (χ3v) is 11.1. The summed E-state index contributed by atoms with van der Waals surface area (Å²) in [5, 5.41) is 6.28. The number of ether oxygens (including phenoxy) is 2. The first-order valence-corrected chi connectivity index (χ1v) is 18.9. The zero-order valence-corrected chi connectivity index (χ0v) is 31.5. The van der Waals surface area contributed by atoms with Gasteiger partial charge in [0.1, 0.15) is 12.4 Å². The Labute approximate surface area is 318 Å². The van der Waals surface area contributed by atoms with Gasteiger partial charge in [0.25, 0.3) is 23.6 Å². The van der Waals surface area contributed by atoms with Gasteiger partial charge in [-0.2, -0.15) is 0 Å². The van der Waals surface area contributed by atoms with Crippen LogP contribution in [-0.4, -0.2) is 53.9 Å². The molecule has 0 radical (unpaired) electrons. The molecule has 0 aliphatic carbocycles. The third kappa shape index (κ3) is 5.38. The van der Waals surface area contributed by atoms with Gasteiger partial charge in [-0.1, -0.05) is 55.8 Å². The highest BCUT2D eigenvalue weighted by molar-refractivity contribution is 6.43. The Morgan fingerprint density at radius 2 is 1.09 bits per heavy atom. The van der Waals surface area contributed by atoms with E-state index in [1.807, 2.05) is 88.4 Å². The lowest BCUT2D eigenvalue weighted by molar-refractivity contribution is 0.00253. The van der Waals surface area contributed by atoms with E-state index in [0.29, 0.717) is 45.3 Å². The first-order chi connectivity index (χ1) is 26.5. The highest BCUT2D eigenvalue weighted by Gasteiger charge is 2.39. The van der Waals surface area contributed by atoms with E-state index >= 15 is 0 Å². The van der Waals surface area contributed by atoms with Crippen molar-refractivity contribution in [1.29, 1.82) is 0 Å². The molecule has 7 aromatic rings. The highest BCUT2D eigenvalue weighted by Crippen LogP contribution is 2.46. The monoisotopic (exact) mass is 728 g/mol. The van der Waals surface area contributed by atoms with Gasteiger partial charge in [0.05, 0.1) is 24.4 Å². The predicted molar refractivity (Wildman–Crippen MR) is 216 cm³/mol. The predicted octanol–water partition coefficient (Wildman–Crippen LogP) is 9.58. The van der Waals surface area contributed by atoms with E-state index in [1.54, 1.807) is 24.3 Å². The first-order valence-electron chi connectivity index (χ1n) is 18.9. The Kier molecular flexibility index (Phi) is 8.20. The molecular weight excluding hydrogens is 689 g/mol. The Balaban J connectivity index is 1.05. The molecule has 2 atom stereocenters. The SMILES string of the molecule is CCCc1cccc(OCC(C)OCC(C)N2C(=O)c3ccc4c5ccc6c7c(ccc(c8ccc(c3c48)C2=O)c75)C(=O)N(c2cc(C)cc(C)c2)C6=O)c1. The van der Waals surface area contributed by atoms with Crippen molar-refractivity contribution < 1.29 is 28.7 Å². The smallest absolute Gasteiger partial charge is 0.265 e. The molecule has 0 N–H and O–H groups in total. The molecular formula is C47H40N2O6. The number of aryl methyl sites for hydroxylation is 3. The number of rotatable bonds is 10. The van der Waals surface area contributed by atoms with Gasteiger partial charge < -0.3 is 9.47 Å². The molecule has 2 unspecified atom stereocenters. The largest absolute Gasteiger partial charge is 0.491 e. The Morgan fingerprint density at radius 3 is 1.60 bits per heavy atom. The number of anilines is 1. The summed E-state index contributed by atoms with van der Waals surface area (Å²) in [4.78, 5) is 59.2. The maximum atomic E-state index is 14.2. The van der Waals surface area contributed by atoms with Gasteiger partial charge in [0, 0.05) is 33.0 Å². The van der Waals surface area contributed by atoms with Crippen molar-refractivity contribution >= 4 is 72.4 Å². The number of fused-ring (bicyclic) bond motifs is 2. The molecule has 9 rings (SSSR count). The molecule has 2 aliphatic heterocycles. The minimum absolute atomic E-state index is 0.158. The maximum Gasteiger partial charge on any atom is 0.265 e. The van der Waals surface area contributed by atoms with Crippen LogP contribution in [0.4, 0.5) is 5.69 Å². The zero-order valence-electron chi connectivity index (χ0n) is 31.5. The van der Waals surface area contributed by atoms with Crippen molar-refractivity contribution in [2.45, 2.75) is 59.6 Å². The van der Waals surface area contributed by atoms with Crippen LogP contribution in [0.25, 0.3) is 43.1 Å². The van der Waals surface area contributed by atoms with Crippen molar-refractivity contribution in [2.24, 2.45) is 0 Å². The van der Waals surface area contributed by atoms with E-state index < -0.39 is 6.04 Å². The lowest BCUT2D eigenvalue weighted by atomic mass is 9.82. The van der Waals surface area contributed by atoms with Gasteiger partial charge in [-0.25, -0.2) is 4.90 Å². The third-order valence-electron chi connectivity index (χ3n) is 11.1. The molecule has 8 heteroatoms. The molecule has 4 amide bonds. The standard InChI is InChI=1S/C47H40N2O6/c1-6-8-29-9-7-10-31(22-29)55-24-28(5)54-23-27(4)48-44(50)36-15-11-32-34-13-17-38-43-39(47(53)49(46(38)52)30-20-25(2)19-26(3)21-30)18-14-35(41(34)43)33-12-16-37(45(48)51)42(36)40(32)33/h7,9-22,27-28H,6,8,23-24H2,1-5H3. The second kappa shape index (κ2) is 13.0. The van der Waals surface area contributed by atoms with Crippen molar-refractivity contribution in [1.82, 2.24) is 4.90 Å². The van der Waals surface area contributed by atoms with Gasteiger partial charge in [-0.15, -0.1) is 0 Å². The molecule has 0 aromatic heterocycles. The molecule has 8 nitrogen and oxygen atoms in total. The summed E-state index contributed by atoms with van der Waals surface area (Å²) in [6.45, 7) is 10.3. The minimum atomic E-state index is -0.527. The lowest BCUT2D eigenvalue weighted by Gasteiger charge is -2.33. The van der Waals surface area contributed by atoms with E-state index in [0.717, 1.165) is 62.0 Å². The van der Waals surface area contributed by atoms with E-state index in [-0.39, 0.29) is 36.3 Å². The van der Waals surface area contributed by atoms with Gasteiger partial charge in [-0.3, -0.25) is 24.1 Å². The molecule has 0 bridgehead atoms. The number of amides is 4. The first kappa shape index (κ1) is 34.6. The molecule has 2 aliphatic rings. The Morgan fingerprint density at radius 1 is 0.582 bits per heavy atom. The normalized spacial score (nSPS) is 15.3. The fourth-order valence-electron chi connectivity index (χ4n) is 8.72. The van der Waals surface area contributed by atoms with Gasteiger partial charge >= 0.3 is 0 Å². The maximum absolute atomic E-state index is 14.2. The van der Waals surface area contributed by atoms with E-state index in [9.17, 15) is 19.2 Å². The second-order valence-electron chi connectivity index (χ2n) is 15.1. The van der Waals surface area contributed by atoms with Crippen LogP contribution < -0.4 is 9.64 Å². The summed E-state index contributed by atoms with van der Waals surface area (Å²) in [7, 11) is 0. The Bertz CT molecular complexity index is 2650. The Hall–Kier alpha value is -6.12. The van der Waals surface area contributed by atoms with Crippen LogP contribution in [0.3, 0.4) is 0 Å². The molecule has 7 aromatic carbocycles. The molecule has 0 saturated carbocycles. The summed E-state index contributed by atoms with van der Waals surface area (Å²) in [5.41, 5.74) is 5.53. The van der Waals surface area contributed by atoms with Crippen molar-refractivity contribution in [3.63, 3.8) is 0 Å². The molecule has 0 saturated heterocycles. The van der Waals surface area contributed by atoms with Crippen LogP contribution in [0.5, 0.6) is 5.75 Å². The van der Waals surface area contributed by atoms with Crippen LogP contribution in [0.2, 0.25) is 0 Å². The number of nitrogens with zero attached hydrogens (tertiary/aromatic N) is 2. The van der Waals surface area contributed by atoms with E-state index in [4.69, 9.17) is 9.47 Å². The van der Waals surface area contributed by atoms with Gasteiger partial charge in [0.2, 0.25) is 0 Å². The summed E-state index contributed by atoms with van der Waals surface area (Å²) in [6.07, 6.45) is 1.78. The summed E-state index contributed by atoms with van der Waals surface area (Å²) in [5.74, 6) is -0.677. The van der Waals surface area contributed by atoms with Gasteiger partial charge in [0.15, 0.2) is 0 Å². The van der Waals surface area contributed by atoms with Crippen LogP contribution >= 0.6 is 0 Å². The quantitative estimate of drug-likeness (QED) is 0.0792. The fraction of sp³-hybridized carbons (Fsp3) is 0.234. The molecule has 55 heavy (non-hydrogen) atoms. The van der Waals surface area contributed by atoms with Crippen LogP contribution in [0, 0.1) is 13.8 Å². The van der Waals surface area contributed by atoms with Crippen molar-refractivity contribution in [2.75, 3.05) is 18.1 Å². The number of hydrogen-bond acceptors (Lipinski definition) is 6. The number of benzene rings is 7. The van der Waals surface area contributed by atoms with E-state index in [2.05, 4.69) is 13.0 Å². The number of carbonyl (C=O) groups is 4. The topological polar surface area (TPSA) is 93.2 Å². The molecule has 2 heterocycles. The average Bonchev–Trinajstić information content (AvgIpc) is 3.17. The van der Waals surface area contributed by atoms with Crippen LogP contribution in [-0.2, 0) is 11.2 Å². The molecule has 0 fully saturated rings. The van der Waals surface area contributed by atoms with Crippen molar-refractivity contribution in [3.05, 3.63) is 130 Å². The number of imide groups is 2. The molecule has 0 spiro atoms. The highest BCUT2D eigenvalue weighted by atomic mass is 16.5. The van der Waals surface area contributed by atoms with Crippen LogP contribution in [0.1, 0.15) is 85.3 Å². The average molecular weight is 729 g/mol. The summed E-state index contributed by atoms with van der Waals surface area (Å²) >= 11 is 0. The van der Waals surface area contributed by atoms with Crippen LogP contribution in [0.15, 0.2) is 91.0 Å². The number of carbonyl (C=O) groups excluding carboxylic acids is 4. The fourth-order valence-corrected chi connectivity index (χ4v) is 8.72. The van der Waals surface area contributed by atoms with Crippen molar-refractivity contribution in [3.8, 4) is 5.75 Å². The number of hydrogen-bond donors (Lipinski definition) is 0. The molecule has 274 valence electrons. The summed E-state index contributed by atoms with van der Waals surface area (Å²) < 4.78 is 12.1. The lowest BCUT2D eigenvalue weighted by Crippen LogP contribution is -2.48. The van der Waals surface area contributed by atoms with E-state index in [1.165, 1.54) is 15.4 Å². The summed E-state index contributed by atoms with van der Waals surface area (Å²) in [6, 6.07) is 28.1. The van der Waals surface area contributed by atoms with Gasteiger partial charge in [-0.05, 0) is 132 Å². The minimum Gasteiger partial charge on any atom is -0.491 e.